The Bertz CT molecular complexity index is 379. The van der Waals surface area contributed by atoms with Crippen LogP contribution in [0.1, 0.15) is 17.2 Å². The van der Waals surface area contributed by atoms with Crippen molar-refractivity contribution in [3.8, 4) is 0 Å². The summed E-state index contributed by atoms with van der Waals surface area (Å²) in [5, 5.41) is 17.8. The van der Waals surface area contributed by atoms with E-state index in [2.05, 4.69) is 15.9 Å². The zero-order valence-electron chi connectivity index (χ0n) is 7.29. The molecular weight excluding hydrogens is 255 g/mol. The third-order valence-electron chi connectivity index (χ3n) is 1.91. The quantitative estimate of drug-likeness (QED) is 0.858. The van der Waals surface area contributed by atoms with Crippen LogP contribution in [0.5, 0.6) is 0 Å². The van der Waals surface area contributed by atoms with E-state index < -0.39 is 17.9 Å². The molecule has 0 aliphatic carbocycles. The topological polar surface area (TPSA) is 57.5 Å². The van der Waals surface area contributed by atoms with Crippen LogP contribution in [-0.2, 0) is 4.79 Å². The number of rotatable bonds is 2. The van der Waals surface area contributed by atoms with Crippen molar-refractivity contribution >= 4 is 21.9 Å². The van der Waals surface area contributed by atoms with E-state index >= 15 is 0 Å². The van der Waals surface area contributed by atoms with E-state index in [1.807, 2.05) is 0 Å². The van der Waals surface area contributed by atoms with Crippen LogP contribution in [0.15, 0.2) is 16.6 Å². The molecule has 1 atom stereocenters. The van der Waals surface area contributed by atoms with Gasteiger partial charge in [-0.1, -0.05) is 6.07 Å². The lowest BCUT2D eigenvalue weighted by Gasteiger charge is -2.10. The summed E-state index contributed by atoms with van der Waals surface area (Å²) in [4.78, 5) is 10.5. The minimum Gasteiger partial charge on any atom is -0.479 e. The zero-order chi connectivity index (χ0) is 10.9. The van der Waals surface area contributed by atoms with E-state index in [-0.39, 0.29) is 10.0 Å². The summed E-state index contributed by atoms with van der Waals surface area (Å²) in [5.41, 5.74) is 0.575. The second kappa shape index (κ2) is 4.06. The number of hydrogen-bond acceptors (Lipinski definition) is 2. The molecule has 1 aromatic carbocycles. The van der Waals surface area contributed by atoms with Crippen molar-refractivity contribution in [1.29, 1.82) is 0 Å². The van der Waals surface area contributed by atoms with E-state index in [0.717, 1.165) is 6.07 Å². The highest BCUT2D eigenvalue weighted by Crippen LogP contribution is 2.27. The van der Waals surface area contributed by atoms with Crippen LogP contribution >= 0.6 is 15.9 Å². The third-order valence-corrected chi connectivity index (χ3v) is 2.88. The lowest BCUT2D eigenvalue weighted by Crippen LogP contribution is -2.12. The normalized spacial score (nSPS) is 12.6. The molecule has 1 rings (SSSR count). The lowest BCUT2D eigenvalue weighted by atomic mass is 10.0. The van der Waals surface area contributed by atoms with Gasteiger partial charge in [-0.2, -0.15) is 0 Å². The van der Waals surface area contributed by atoms with Crippen molar-refractivity contribution in [2.45, 2.75) is 13.0 Å². The van der Waals surface area contributed by atoms with Crippen molar-refractivity contribution in [2.75, 3.05) is 0 Å². The number of carboxylic acids is 1. The first kappa shape index (κ1) is 11.1. The summed E-state index contributed by atoms with van der Waals surface area (Å²) in [5.74, 6) is -1.84. The first-order valence-corrected chi connectivity index (χ1v) is 4.59. The fraction of sp³-hybridized carbons (Fsp3) is 0.222. The molecule has 0 amide bonds. The van der Waals surface area contributed by atoms with Crippen molar-refractivity contribution in [1.82, 2.24) is 0 Å². The molecular formula is C9H8BrFO3. The van der Waals surface area contributed by atoms with Gasteiger partial charge in [-0.15, -0.1) is 0 Å². The Morgan fingerprint density at radius 2 is 2.14 bits per heavy atom. The fourth-order valence-corrected chi connectivity index (χ4v) is 1.46. The van der Waals surface area contributed by atoms with Gasteiger partial charge in [0, 0.05) is 0 Å². The number of aliphatic hydroxyl groups is 1. The second-order valence-electron chi connectivity index (χ2n) is 2.82. The first-order valence-electron chi connectivity index (χ1n) is 3.80. The molecule has 1 aromatic rings. The monoisotopic (exact) mass is 262 g/mol. The number of hydrogen-bond donors (Lipinski definition) is 2. The summed E-state index contributed by atoms with van der Waals surface area (Å²) in [6.07, 6.45) is -1.62. The Hall–Kier alpha value is -0.940. The molecule has 3 nitrogen and oxygen atoms in total. The molecule has 0 radical (unpaired) electrons. The maximum absolute atomic E-state index is 12.9. The van der Waals surface area contributed by atoms with Crippen molar-refractivity contribution < 1.29 is 19.4 Å². The Morgan fingerprint density at radius 1 is 1.57 bits per heavy atom. The van der Waals surface area contributed by atoms with Crippen LogP contribution in [0.4, 0.5) is 4.39 Å². The van der Waals surface area contributed by atoms with Crippen LogP contribution in [0, 0.1) is 12.7 Å². The number of carboxylic acid groups (broad SMARTS) is 1. The van der Waals surface area contributed by atoms with Crippen molar-refractivity contribution in [2.24, 2.45) is 0 Å². The van der Waals surface area contributed by atoms with Crippen molar-refractivity contribution in [3.05, 3.63) is 33.5 Å². The van der Waals surface area contributed by atoms with E-state index in [1.54, 1.807) is 0 Å². The van der Waals surface area contributed by atoms with Crippen LogP contribution in [-0.4, -0.2) is 16.2 Å². The van der Waals surface area contributed by atoms with E-state index in [9.17, 15) is 14.3 Å². The average molecular weight is 263 g/mol. The van der Waals surface area contributed by atoms with Crippen LogP contribution in [0.25, 0.3) is 0 Å². The summed E-state index contributed by atoms with van der Waals surface area (Å²) in [6.45, 7) is 1.54. The van der Waals surface area contributed by atoms with Gasteiger partial charge in [0.05, 0.1) is 4.47 Å². The Labute approximate surface area is 88.3 Å². The van der Waals surface area contributed by atoms with Crippen LogP contribution in [0.3, 0.4) is 0 Å². The molecule has 0 bridgehead atoms. The summed E-state index contributed by atoms with van der Waals surface area (Å²) in [6, 6.07) is 2.37. The van der Waals surface area contributed by atoms with Gasteiger partial charge in [0.2, 0.25) is 0 Å². The molecule has 0 fully saturated rings. The molecule has 0 aromatic heterocycles. The number of carbonyl (C=O) groups is 1. The smallest absolute Gasteiger partial charge is 0.337 e. The van der Waals surface area contributed by atoms with Gasteiger partial charge < -0.3 is 10.2 Å². The maximum atomic E-state index is 12.9. The highest BCUT2D eigenvalue weighted by Gasteiger charge is 2.20. The Morgan fingerprint density at radius 3 is 2.64 bits per heavy atom. The predicted molar refractivity (Wildman–Crippen MR) is 51.4 cm³/mol. The molecule has 14 heavy (non-hydrogen) atoms. The van der Waals surface area contributed by atoms with Crippen molar-refractivity contribution in [3.63, 3.8) is 0 Å². The third kappa shape index (κ3) is 1.93. The average Bonchev–Trinajstić information content (AvgIpc) is 2.13. The highest BCUT2D eigenvalue weighted by molar-refractivity contribution is 9.10. The van der Waals surface area contributed by atoms with E-state index in [1.165, 1.54) is 13.0 Å². The second-order valence-corrected chi connectivity index (χ2v) is 3.61. The molecule has 1 unspecified atom stereocenters. The van der Waals surface area contributed by atoms with E-state index in [0.29, 0.717) is 5.56 Å². The predicted octanol–water partition coefficient (Wildman–Crippen LogP) is 2.01. The minimum absolute atomic E-state index is 0.176. The van der Waals surface area contributed by atoms with Crippen LogP contribution in [0.2, 0.25) is 0 Å². The first-order chi connectivity index (χ1) is 6.45. The molecule has 0 saturated heterocycles. The molecule has 0 aliphatic heterocycles. The number of aliphatic carboxylic acids is 1. The molecule has 0 saturated carbocycles. The minimum atomic E-state index is -1.62. The maximum Gasteiger partial charge on any atom is 0.337 e. The van der Waals surface area contributed by atoms with Gasteiger partial charge in [0.1, 0.15) is 5.82 Å². The highest BCUT2D eigenvalue weighted by atomic mass is 79.9. The van der Waals surface area contributed by atoms with Gasteiger partial charge in [-0.3, -0.25) is 0 Å². The standard InChI is InChI=1S/C9H8BrFO3/c1-4-5(8(12)9(13)14)2-3-6(11)7(4)10/h2-3,8,12H,1H3,(H,13,14). The SMILES string of the molecule is Cc1c(C(O)C(=O)O)ccc(F)c1Br. The number of aliphatic hydroxyl groups excluding tert-OH is 1. The molecule has 2 N–H and O–H groups in total. The summed E-state index contributed by atoms with van der Waals surface area (Å²) < 4.78 is 13.1. The summed E-state index contributed by atoms with van der Waals surface area (Å²) in [7, 11) is 0. The molecule has 0 heterocycles. The zero-order valence-corrected chi connectivity index (χ0v) is 8.88. The number of halogens is 2. The van der Waals surface area contributed by atoms with Gasteiger partial charge in [-0.05, 0) is 40.0 Å². The van der Waals surface area contributed by atoms with Gasteiger partial charge in [-0.25, -0.2) is 9.18 Å². The molecule has 0 aliphatic rings. The summed E-state index contributed by atoms with van der Waals surface area (Å²) >= 11 is 2.97. The lowest BCUT2D eigenvalue weighted by molar-refractivity contribution is -0.147. The largest absolute Gasteiger partial charge is 0.479 e. The number of benzene rings is 1. The molecule has 76 valence electrons. The van der Waals surface area contributed by atoms with Gasteiger partial charge in [0.25, 0.3) is 0 Å². The van der Waals surface area contributed by atoms with Crippen LogP contribution < -0.4 is 0 Å². The van der Waals surface area contributed by atoms with Gasteiger partial charge in [0.15, 0.2) is 6.10 Å². The molecule has 5 heteroatoms. The van der Waals surface area contributed by atoms with Gasteiger partial charge >= 0.3 is 5.97 Å². The molecule has 0 spiro atoms. The Balaban J connectivity index is 3.24. The Kier molecular flexibility index (Phi) is 3.23. The fourth-order valence-electron chi connectivity index (χ4n) is 1.10. The van der Waals surface area contributed by atoms with E-state index in [4.69, 9.17) is 5.11 Å².